The highest BCUT2D eigenvalue weighted by molar-refractivity contribution is 5.90. The van der Waals surface area contributed by atoms with Crippen molar-refractivity contribution in [1.29, 1.82) is 0 Å². The van der Waals surface area contributed by atoms with Gasteiger partial charge in [0.05, 0.1) is 11.5 Å². The van der Waals surface area contributed by atoms with E-state index in [0.717, 1.165) is 44.9 Å². The van der Waals surface area contributed by atoms with Gasteiger partial charge in [-0.1, -0.05) is 80.6 Å². The molecule has 0 aromatic rings. The molecule has 0 rings (SSSR count). The first kappa shape index (κ1) is 30.1. The Morgan fingerprint density at radius 2 is 1.42 bits per heavy atom. The topological polar surface area (TPSA) is 52.6 Å². The van der Waals surface area contributed by atoms with Crippen LogP contribution in [0.25, 0.3) is 0 Å². The van der Waals surface area contributed by atoms with Crippen molar-refractivity contribution in [3.8, 4) is 0 Å². The lowest BCUT2D eigenvalue weighted by molar-refractivity contribution is -0.161. The average molecular weight is 441 g/mol. The van der Waals surface area contributed by atoms with E-state index in [1.165, 1.54) is 12.8 Å². The molecule has 0 saturated carbocycles. The summed E-state index contributed by atoms with van der Waals surface area (Å²) in [6, 6.07) is 0. The van der Waals surface area contributed by atoms with Crippen LogP contribution < -0.4 is 0 Å². The molecule has 0 saturated heterocycles. The van der Waals surface area contributed by atoms with Gasteiger partial charge in [-0.05, 0) is 51.9 Å². The standard InChI is InChI=1S/C27H52O4/c1-10-14-17-26(8,13-4)24(28)23(7)31-25(29)22(6)19-21(5)20-30-27(9,16-12-3)18-15-11-2/h21-23H,10-20H2,1-9H3/t21?,22?,23-,26?,27?/m1/s1. The van der Waals surface area contributed by atoms with E-state index in [0.29, 0.717) is 13.0 Å². The summed E-state index contributed by atoms with van der Waals surface area (Å²) >= 11 is 0. The number of unbranched alkanes of at least 4 members (excludes halogenated alkanes) is 2. The number of carbonyl (C=O) groups is 2. The molecule has 4 nitrogen and oxygen atoms in total. The molecule has 0 aliphatic heterocycles. The van der Waals surface area contributed by atoms with E-state index < -0.39 is 11.5 Å². The molecule has 0 fully saturated rings. The number of Topliss-reactive ketones (excluding diaryl/α,β-unsaturated/α-hetero) is 1. The Morgan fingerprint density at radius 3 is 1.94 bits per heavy atom. The van der Waals surface area contributed by atoms with Gasteiger partial charge in [-0.25, -0.2) is 0 Å². The van der Waals surface area contributed by atoms with Crippen LogP contribution in [0.5, 0.6) is 0 Å². The largest absolute Gasteiger partial charge is 0.454 e. The average Bonchev–Trinajstić information content (AvgIpc) is 2.74. The van der Waals surface area contributed by atoms with Crippen molar-refractivity contribution in [3.63, 3.8) is 0 Å². The maximum absolute atomic E-state index is 12.9. The second-order valence-electron chi connectivity index (χ2n) is 10.3. The smallest absolute Gasteiger partial charge is 0.309 e. The zero-order chi connectivity index (χ0) is 24.1. The van der Waals surface area contributed by atoms with E-state index in [-0.39, 0.29) is 29.2 Å². The summed E-state index contributed by atoms with van der Waals surface area (Å²) < 4.78 is 11.9. The van der Waals surface area contributed by atoms with E-state index in [4.69, 9.17) is 9.47 Å². The second kappa shape index (κ2) is 15.0. The number of hydrogen-bond acceptors (Lipinski definition) is 4. The molecule has 4 unspecified atom stereocenters. The van der Waals surface area contributed by atoms with Crippen LogP contribution in [0.1, 0.15) is 127 Å². The minimum absolute atomic E-state index is 0.0478. The maximum Gasteiger partial charge on any atom is 0.309 e. The lowest BCUT2D eigenvalue weighted by Gasteiger charge is -2.32. The first-order chi connectivity index (χ1) is 14.5. The predicted octanol–water partition coefficient (Wildman–Crippen LogP) is 7.52. The summed E-state index contributed by atoms with van der Waals surface area (Å²) in [4.78, 5) is 25.6. The molecule has 0 aromatic heterocycles. The molecule has 4 heteroatoms. The molecule has 0 aliphatic carbocycles. The Balaban J connectivity index is 4.71. The zero-order valence-electron chi connectivity index (χ0n) is 22.1. The van der Waals surface area contributed by atoms with Crippen molar-refractivity contribution in [2.75, 3.05) is 6.61 Å². The first-order valence-electron chi connectivity index (χ1n) is 12.9. The Morgan fingerprint density at radius 1 is 0.839 bits per heavy atom. The van der Waals surface area contributed by atoms with Crippen LogP contribution in [0.15, 0.2) is 0 Å². The molecule has 0 bridgehead atoms. The number of ether oxygens (including phenoxy) is 2. The maximum atomic E-state index is 12.9. The van der Waals surface area contributed by atoms with Crippen molar-refractivity contribution >= 4 is 11.8 Å². The number of hydrogen-bond donors (Lipinski definition) is 0. The minimum atomic E-state index is -0.690. The molecule has 31 heavy (non-hydrogen) atoms. The van der Waals surface area contributed by atoms with Gasteiger partial charge in [-0.15, -0.1) is 0 Å². The lowest BCUT2D eigenvalue weighted by atomic mass is 9.76. The summed E-state index contributed by atoms with van der Waals surface area (Å²) in [5.41, 5.74) is -0.491. The van der Waals surface area contributed by atoms with Crippen LogP contribution in [-0.4, -0.2) is 30.1 Å². The van der Waals surface area contributed by atoms with Gasteiger partial charge in [0.25, 0.3) is 0 Å². The van der Waals surface area contributed by atoms with Crippen molar-refractivity contribution < 1.29 is 19.1 Å². The van der Waals surface area contributed by atoms with Gasteiger partial charge >= 0.3 is 5.97 Å². The summed E-state index contributed by atoms with van der Waals surface area (Å²) in [5.74, 6) is -0.210. The third-order valence-corrected chi connectivity index (χ3v) is 6.83. The first-order valence-corrected chi connectivity index (χ1v) is 12.9. The summed E-state index contributed by atoms with van der Waals surface area (Å²) in [7, 11) is 0. The van der Waals surface area contributed by atoms with Crippen LogP contribution in [0.2, 0.25) is 0 Å². The highest BCUT2D eigenvalue weighted by Crippen LogP contribution is 2.32. The highest BCUT2D eigenvalue weighted by Gasteiger charge is 2.36. The molecule has 0 amide bonds. The summed E-state index contributed by atoms with van der Waals surface area (Å²) in [6.45, 7) is 19.2. The fourth-order valence-electron chi connectivity index (χ4n) is 4.34. The highest BCUT2D eigenvalue weighted by atomic mass is 16.5. The quantitative estimate of drug-likeness (QED) is 0.207. The fourth-order valence-corrected chi connectivity index (χ4v) is 4.34. The fraction of sp³-hybridized carbons (Fsp3) is 0.926. The van der Waals surface area contributed by atoms with E-state index in [1.54, 1.807) is 6.92 Å². The van der Waals surface area contributed by atoms with E-state index in [9.17, 15) is 9.59 Å². The molecule has 5 atom stereocenters. The van der Waals surface area contributed by atoms with Gasteiger partial charge in [0.15, 0.2) is 11.9 Å². The Labute approximate surface area is 193 Å². The molecule has 184 valence electrons. The third-order valence-electron chi connectivity index (χ3n) is 6.83. The molecule has 0 N–H and O–H groups in total. The molecule has 0 aliphatic rings. The van der Waals surface area contributed by atoms with Gasteiger partial charge < -0.3 is 9.47 Å². The van der Waals surface area contributed by atoms with Crippen LogP contribution in [0.4, 0.5) is 0 Å². The van der Waals surface area contributed by atoms with Crippen molar-refractivity contribution in [2.45, 2.75) is 138 Å². The minimum Gasteiger partial charge on any atom is -0.454 e. The molecule has 0 radical (unpaired) electrons. The SMILES string of the molecule is CCCCC(C)(CCC)OCC(C)CC(C)C(=O)O[C@H](C)C(=O)C(C)(CC)CCCC. The Kier molecular flexibility index (Phi) is 14.6. The van der Waals surface area contributed by atoms with E-state index in [1.807, 2.05) is 20.8 Å². The van der Waals surface area contributed by atoms with Crippen molar-refractivity contribution in [2.24, 2.45) is 17.3 Å². The molecular weight excluding hydrogens is 388 g/mol. The number of esters is 1. The summed E-state index contributed by atoms with van der Waals surface area (Å²) in [5, 5.41) is 0. The number of carbonyl (C=O) groups excluding carboxylic acids is 2. The molecule has 0 spiro atoms. The van der Waals surface area contributed by atoms with Gasteiger partial charge in [-0.3, -0.25) is 9.59 Å². The van der Waals surface area contributed by atoms with Gasteiger partial charge in [0, 0.05) is 12.0 Å². The molecule has 0 heterocycles. The van der Waals surface area contributed by atoms with Gasteiger partial charge in [-0.2, -0.15) is 0 Å². The number of ketones is 1. The van der Waals surface area contributed by atoms with Crippen LogP contribution in [0.3, 0.4) is 0 Å². The lowest BCUT2D eigenvalue weighted by Crippen LogP contribution is -2.38. The second-order valence-corrected chi connectivity index (χ2v) is 10.3. The van der Waals surface area contributed by atoms with Crippen LogP contribution in [0, 0.1) is 17.3 Å². The Hall–Kier alpha value is -0.900. The normalized spacial score (nSPS) is 18.5. The van der Waals surface area contributed by atoms with Crippen LogP contribution >= 0.6 is 0 Å². The van der Waals surface area contributed by atoms with Gasteiger partial charge in [0.2, 0.25) is 0 Å². The van der Waals surface area contributed by atoms with Crippen molar-refractivity contribution in [1.82, 2.24) is 0 Å². The van der Waals surface area contributed by atoms with Crippen LogP contribution in [-0.2, 0) is 19.1 Å². The summed E-state index contributed by atoms with van der Waals surface area (Å²) in [6.07, 6.45) is 9.30. The van der Waals surface area contributed by atoms with E-state index in [2.05, 4.69) is 34.6 Å². The molecule has 0 aromatic carbocycles. The van der Waals surface area contributed by atoms with E-state index >= 15 is 0 Å². The van der Waals surface area contributed by atoms with Gasteiger partial charge in [0.1, 0.15) is 0 Å². The Bertz CT molecular complexity index is 517. The third kappa shape index (κ3) is 11.0. The predicted molar refractivity (Wildman–Crippen MR) is 130 cm³/mol. The van der Waals surface area contributed by atoms with Crippen molar-refractivity contribution in [3.05, 3.63) is 0 Å². The molecular formula is C27H52O4. The monoisotopic (exact) mass is 440 g/mol. The zero-order valence-corrected chi connectivity index (χ0v) is 22.1. The number of rotatable bonds is 18.